The van der Waals surface area contributed by atoms with Crippen LogP contribution in [0.1, 0.15) is 26.3 Å². The van der Waals surface area contributed by atoms with Crippen LogP contribution < -0.4 is 5.32 Å². The zero-order valence-electron chi connectivity index (χ0n) is 13.4. The summed E-state index contributed by atoms with van der Waals surface area (Å²) in [5.74, 6) is -0.166. The molecule has 0 heterocycles. The molecule has 24 heavy (non-hydrogen) atoms. The van der Waals surface area contributed by atoms with Crippen molar-refractivity contribution < 1.29 is 15.0 Å². The quantitative estimate of drug-likeness (QED) is 0.491. The first-order valence-electron chi connectivity index (χ1n) is 7.13. The predicted molar refractivity (Wildman–Crippen MR) is 89.8 cm³/mol. The molecule has 2 N–H and O–H groups in total. The van der Waals surface area contributed by atoms with Gasteiger partial charge < -0.3 is 10.4 Å². The van der Waals surface area contributed by atoms with Gasteiger partial charge in [0.15, 0.2) is 5.69 Å². The molecule has 0 aromatic heterocycles. The van der Waals surface area contributed by atoms with Gasteiger partial charge in [0.25, 0.3) is 11.4 Å². The normalized spacial score (nSPS) is 11.1. The largest absolute Gasteiger partial charge is 0.506 e. The first-order chi connectivity index (χ1) is 11.1. The average molecular weight is 331 g/mol. The van der Waals surface area contributed by atoms with E-state index < -0.39 is 26.6 Å². The lowest BCUT2D eigenvalue weighted by Crippen LogP contribution is -2.13. The molecule has 0 unspecified atom stereocenters. The fourth-order valence-electron chi connectivity index (χ4n) is 2.17. The van der Waals surface area contributed by atoms with Gasteiger partial charge in [-0.15, -0.1) is 0 Å². The van der Waals surface area contributed by atoms with Crippen molar-refractivity contribution in [1.29, 1.82) is 0 Å². The molecule has 0 amide bonds. The summed E-state index contributed by atoms with van der Waals surface area (Å²) in [6, 6.07) is 8.66. The fraction of sp³-hybridized carbons (Fsp3) is 0.250. The number of rotatable bonds is 4. The van der Waals surface area contributed by atoms with E-state index in [0.717, 1.165) is 0 Å². The third-order valence-corrected chi connectivity index (χ3v) is 3.52. The van der Waals surface area contributed by atoms with E-state index >= 15 is 0 Å². The Balaban J connectivity index is 2.71. The molecule has 126 valence electrons. The average Bonchev–Trinajstić information content (AvgIpc) is 2.47. The Hall–Kier alpha value is -3.16. The van der Waals surface area contributed by atoms with Gasteiger partial charge >= 0.3 is 0 Å². The van der Waals surface area contributed by atoms with Crippen molar-refractivity contribution in [3.05, 3.63) is 62.2 Å². The fourth-order valence-corrected chi connectivity index (χ4v) is 2.17. The van der Waals surface area contributed by atoms with Crippen LogP contribution in [-0.2, 0) is 5.41 Å². The van der Waals surface area contributed by atoms with Crippen LogP contribution in [0.15, 0.2) is 36.4 Å². The summed E-state index contributed by atoms with van der Waals surface area (Å²) in [7, 11) is 0. The molecular weight excluding hydrogens is 314 g/mol. The first kappa shape index (κ1) is 17.2. The molecule has 0 aliphatic heterocycles. The number of phenols is 1. The highest BCUT2D eigenvalue weighted by molar-refractivity contribution is 5.81. The molecule has 0 saturated heterocycles. The van der Waals surface area contributed by atoms with Gasteiger partial charge in [0.05, 0.1) is 15.5 Å². The van der Waals surface area contributed by atoms with E-state index in [1.165, 1.54) is 24.3 Å². The van der Waals surface area contributed by atoms with Crippen LogP contribution in [-0.4, -0.2) is 15.0 Å². The Bertz CT molecular complexity index is 777. The zero-order chi connectivity index (χ0) is 18.1. The molecule has 0 aliphatic rings. The molecule has 0 saturated carbocycles. The third kappa shape index (κ3) is 3.43. The lowest BCUT2D eigenvalue weighted by Gasteiger charge is -2.19. The Morgan fingerprint density at radius 3 is 1.92 bits per heavy atom. The Kier molecular flexibility index (Phi) is 4.41. The smallest absolute Gasteiger partial charge is 0.300 e. The molecule has 0 aliphatic carbocycles. The van der Waals surface area contributed by atoms with Crippen LogP contribution in [0.3, 0.4) is 0 Å². The number of phenolic OH excluding ortho intramolecular Hbond substituents is 1. The highest BCUT2D eigenvalue weighted by Crippen LogP contribution is 2.41. The van der Waals surface area contributed by atoms with Crippen molar-refractivity contribution in [2.75, 3.05) is 5.32 Å². The molecule has 2 aromatic rings. The van der Waals surface area contributed by atoms with Gasteiger partial charge in [-0.25, -0.2) is 0 Å². The van der Waals surface area contributed by atoms with Crippen molar-refractivity contribution in [3.63, 3.8) is 0 Å². The number of nitrogens with one attached hydrogen (secondary N) is 1. The van der Waals surface area contributed by atoms with E-state index in [1.54, 1.807) is 12.1 Å². The molecule has 0 atom stereocenters. The highest BCUT2D eigenvalue weighted by atomic mass is 16.6. The van der Waals surface area contributed by atoms with Crippen LogP contribution in [0.4, 0.5) is 22.7 Å². The van der Waals surface area contributed by atoms with Gasteiger partial charge in [-0.1, -0.05) is 32.9 Å². The number of hydrogen-bond donors (Lipinski definition) is 2. The molecule has 0 spiro atoms. The van der Waals surface area contributed by atoms with Gasteiger partial charge in [-0.3, -0.25) is 20.2 Å². The lowest BCUT2D eigenvalue weighted by atomic mass is 9.86. The molecule has 0 fully saturated rings. The molecule has 0 radical (unpaired) electrons. The van der Waals surface area contributed by atoms with Crippen LogP contribution in [0.2, 0.25) is 0 Å². The molecule has 8 heteroatoms. The molecule has 8 nitrogen and oxygen atoms in total. The summed E-state index contributed by atoms with van der Waals surface area (Å²) in [5, 5.41) is 35.3. The van der Waals surface area contributed by atoms with E-state index in [2.05, 4.69) is 5.32 Å². The number of benzene rings is 2. The Morgan fingerprint density at radius 1 is 1.00 bits per heavy atom. The van der Waals surface area contributed by atoms with Crippen molar-refractivity contribution in [2.24, 2.45) is 0 Å². The van der Waals surface area contributed by atoms with E-state index in [4.69, 9.17) is 0 Å². The summed E-state index contributed by atoms with van der Waals surface area (Å²) in [4.78, 5) is 21.5. The Morgan fingerprint density at radius 2 is 1.50 bits per heavy atom. The van der Waals surface area contributed by atoms with Crippen LogP contribution in [0.5, 0.6) is 5.75 Å². The maximum atomic E-state index is 11.4. The first-order valence-corrected chi connectivity index (χ1v) is 7.13. The summed E-state index contributed by atoms with van der Waals surface area (Å²) in [6.07, 6.45) is 0. The number of anilines is 2. The maximum Gasteiger partial charge on any atom is 0.300 e. The minimum Gasteiger partial charge on any atom is -0.506 e. The lowest BCUT2D eigenvalue weighted by molar-refractivity contribution is -0.392. The number of nitro groups is 2. The van der Waals surface area contributed by atoms with Crippen molar-refractivity contribution in [3.8, 4) is 5.75 Å². The molecule has 2 aromatic carbocycles. The summed E-state index contributed by atoms with van der Waals surface area (Å²) in [6.45, 7) is 5.43. The minimum absolute atomic E-state index is 0.146. The summed E-state index contributed by atoms with van der Waals surface area (Å²) >= 11 is 0. The second kappa shape index (κ2) is 6.15. The van der Waals surface area contributed by atoms with E-state index in [1.807, 2.05) is 20.8 Å². The van der Waals surface area contributed by atoms with Gasteiger partial charge in [-0.05, 0) is 23.1 Å². The molecule has 2 rings (SSSR count). The maximum absolute atomic E-state index is 11.4. The van der Waals surface area contributed by atoms with Gasteiger partial charge in [0.1, 0.15) is 5.75 Å². The van der Waals surface area contributed by atoms with Crippen LogP contribution in [0.25, 0.3) is 0 Å². The number of aromatic hydroxyl groups is 1. The van der Waals surface area contributed by atoms with E-state index in [-0.39, 0.29) is 17.1 Å². The van der Waals surface area contributed by atoms with E-state index in [0.29, 0.717) is 5.56 Å². The second-order valence-corrected chi connectivity index (χ2v) is 6.30. The number of nitrogens with zero attached hydrogens (tertiary/aromatic N) is 2. The topological polar surface area (TPSA) is 119 Å². The molecular formula is C16H17N3O5. The monoisotopic (exact) mass is 331 g/mol. The zero-order valence-corrected chi connectivity index (χ0v) is 13.4. The summed E-state index contributed by atoms with van der Waals surface area (Å²) in [5.41, 5.74) is -0.978. The van der Waals surface area contributed by atoms with Crippen molar-refractivity contribution in [1.82, 2.24) is 0 Å². The Labute approximate surface area is 138 Å². The number of hydrogen-bond acceptors (Lipinski definition) is 6. The minimum atomic E-state index is -0.676. The second-order valence-electron chi connectivity index (χ2n) is 6.30. The van der Waals surface area contributed by atoms with Crippen molar-refractivity contribution in [2.45, 2.75) is 26.2 Å². The molecule has 0 bridgehead atoms. The SMILES string of the molecule is CC(C)(C)c1cc([N+](=O)[O-])c(Nc2ccccc2O)c([N+](=O)[O-])c1. The number of para-hydroxylation sites is 2. The van der Waals surface area contributed by atoms with Gasteiger partial charge in [0, 0.05) is 12.1 Å². The van der Waals surface area contributed by atoms with Gasteiger partial charge in [0.2, 0.25) is 0 Å². The van der Waals surface area contributed by atoms with E-state index in [9.17, 15) is 25.3 Å². The summed E-state index contributed by atoms with van der Waals surface area (Å²) < 4.78 is 0. The number of nitro benzene ring substituents is 2. The predicted octanol–water partition coefficient (Wildman–Crippen LogP) is 4.25. The van der Waals surface area contributed by atoms with Crippen molar-refractivity contribution >= 4 is 22.7 Å². The van der Waals surface area contributed by atoms with Crippen LogP contribution >= 0.6 is 0 Å². The third-order valence-electron chi connectivity index (χ3n) is 3.52. The van der Waals surface area contributed by atoms with Crippen LogP contribution in [0, 0.1) is 20.2 Å². The highest BCUT2D eigenvalue weighted by Gasteiger charge is 2.30. The standard InChI is InChI=1S/C16H17N3O5/c1-16(2,3)10-8-12(18(21)22)15(13(9-10)19(23)24)17-11-6-4-5-7-14(11)20/h4-9,17,20H,1-3H3. The van der Waals surface area contributed by atoms with Gasteiger partial charge in [-0.2, -0.15) is 0 Å².